The van der Waals surface area contributed by atoms with Crippen molar-refractivity contribution >= 4 is 39.8 Å². The summed E-state index contributed by atoms with van der Waals surface area (Å²) in [6, 6.07) is 14.5. The summed E-state index contributed by atoms with van der Waals surface area (Å²) in [5.41, 5.74) is 3.12. The Morgan fingerprint density at radius 3 is 2.67 bits per heavy atom. The number of nitrogens with one attached hydrogen (secondary N) is 2. The van der Waals surface area contributed by atoms with Gasteiger partial charge in [0.25, 0.3) is 5.56 Å². The molecule has 2 bridgehead atoms. The molecule has 0 spiro atoms. The van der Waals surface area contributed by atoms with Gasteiger partial charge in [0, 0.05) is 22.5 Å². The van der Waals surface area contributed by atoms with E-state index in [1.165, 1.54) is 19.3 Å². The van der Waals surface area contributed by atoms with E-state index in [9.17, 15) is 9.59 Å². The standard InChI is InChI=1S/C23H23ClN4O2/c24-17-4-3-5-18(13-17)25-22-19-6-1-2-7-20(19)23(30)28(27-22)26-21(29)12-16-11-14-8-9-15(16)10-14/h1-7,13-16H,8-12H2,(H,25,27)(H,26,29). The summed E-state index contributed by atoms with van der Waals surface area (Å²) >= 11 is 6.09. The summed E-state index contributed by atoms with van der Waals surface area (Å²) in [6.07, 6.45) is 5.34. The Morgan fingerprint density at radius 2 is 1.93 bits per heavy atom. The molecule has 1 amide bonds. The van der Waals surface area contributed by atoms with E-state index in [-0.39, 0.29) is 11.5 Å². The minimum absolute atomic E-state index is 0.161. The van der Waals surface area contributed by atoms with Gasteiger partial charge >= 0.3 is 0 Å². The van der Waals surface area contributed by atoms with Crippen molar-refractivity contribution in [2.75, 3.05) is 10.7 Å². The molecule has 1 heterocycles. The van der Waals surface area contributed by atoms with Crippen LogP contribution in [0.2, 0.25) is 5.02 Å². The number of carbonyl (C=O) groups excluding carboxylic acids is 1. The first-order valence-corrected chi connectivity index (χ1v) is 10.8. The number of hydrogen-bond donors (Lipinski definition) is 2. The number of aromatic nitrogens is 2. The highest BCUT2D eigenvalue weighted by atomic mass is 35.5. The van der Waals surface area contributed by atoms with Crippen LogP contribution < -0.4 is 16.3 Å². The molecule has 30 heavy (non-hydrogen) atoms. The molecular weight excluding hydrogens is 400 g/mol. The number of carbonyl (C=O) groups is 1. The third-order valence-electron chi connectivity index (χ3n) is 6.46. The molecule has 5 rings (SSSR count). The monoisotopic (exact) mass is 422 g/mol. The van der Waals surface area contributed by atoms with Gasteiger partial charge in [-0.15, -0.1) is 9.89 Å². The van der Waals surface area contributed by atoms with Gasteiger partial charge < -0.3 is 5.32 Å². The zero-order chi connectivity index (χ0) is 20.7. The van der Waals surface area contributed by atoms with Gasteiger partial charge in [0.05, 0.1) is 5.39 Å². The van der Waals surface area contributed by atoms with Gasteiger partial charge in [0.1, 0.15) is 0 Å². The van der Waals surface area contributed by atoms with Crippen molar-refractivity contribution < 1.29 is 4.79 Å². The number of fused-ring (bicyclic) bond motifs is 3. The van der Waals surface area contributed by atoms with Crippen LogP contribution in [-0.2, 0) is 4.79 Å². The van der Waals surface area contributed by atoms with Crippen molar-refractivity contribution in [2.24, 2.45) is 17.8 Å². The Balaban J connectivity index is 1.43. The molecule has 154 valence electrons. The second-order valence-corrected chi connectivity index (χ2v) is 8.86. The summed E-state index contributed by atoms with van der Waals surface area (Å²) in [5, 5.41) is 9.38. The average molecular weight is 423 g/mol. The van der Waals surface area contributed by atoms with E-state index in [1.54, 1.807) is 24.3 Å². The lowest BCUT2D eigenvalue weighted by atomic mass is 9.86. The van der Waals surface area contributed by atoms with Gasteiger partial charge in [-0.2, -0.15) is 0 Å². The van der Waals surface area contributed by atoms with Crippen molar-refractivity contribution in [1.82, 2.24) is 9.89 Å². The van der Waals surface area contributed by atoms with Gasteiger partial charge in [0.2, 0.25) is 5.91 Å². The fourth-order valence-corrected chi connectivity index (χ4v) is 5.28. The second-order valence-electron chi connectivity index (χ2n) is 8.42. The molecule has 2 N–H and O–H groups in total. The van der Waals surface area contributed by atoms with Crippen LogP contribution in [0, 0.1) is 17.8 Å². The van der Waals surface area contributed by atoms with Crippen molar-refractivity contribution in [1.29, 1.82) is 0 Å². The maximum atomic E-state index is 12.9. The van der Waals surface area contributed by atoms with Crippen LogP contribution in [0.1, 0.15) is 32.1 Å². The number of nitrogens with zero attached hydrogens (tertiary/aromatic N) is 2. The topological polar surface area (TPSA) is 76.0 Å². The maximum Gasteiger partial charge on any atom is 0.294 e. The first kappa shape index (κ1) is 19.1. The molecule has 2 aliphatic rings. The Kier molecular flexibility index (Phi) is 4.95. The van der Waals surface area contributed by atoms with Crippen molar-refractivity contribution in [3.63, 3.8) is 0 Å². The molecule has 6 nitrogen and oxygen atoms in total. The highest BCUT2D eigenvalue weighted by Gasteiger charge is 2.40. The van der Waals surface area contributed by atoms with Crippen LogP contribution in [-0.4, -0.2) is 15.8 Å². The Bertz CT molecular complexity index is 1180. The van der Waals surface area contributed by atoms with E-state index in [1.807, 2.05) is 24.3 Å². The van der Waals surface area contributed by atoms with E-state index < -0.39 is 0 Å². The Labute approximate surface area is 179 Å². The Morgan fingerprint density at radius 1 is 1.10 bits per heavy atom. The van der Waals surface area contributed by atoms with Crippen molar-refractivity contribution in [3.05, 3.63) is 63.9 Å². The van der Waals surface area contributed by atoms with Gasteiger partial charge in [0.15, 0.2) is 5.82 Å². The first-order valence-electron chi connectivity index (χ1n) is 10.4. The molecule has 2 aromatic carbocycles. The molecule has 2 fully saturated rings. The van der Waals surface area contributed by atoms with Crippen molar-refractivity contribution in [2.45, 2.75) is 32.1 Å². The fourth-order valence-electron chi connectivity index (χ4n) is 5.09. The smallest absolute Gasteiger partial charge is 0.294 e. The van der Waals surface area contributed by atoms with E-state index in [0.717, 1.165) is 22.8 Å². The van der Waals surface area contributed by atoms with Crippen LogP contribution in [0.15, 0.2) is 53.3 Å². The molecular formula is C23H23ClN4O2. The SMILES string of the molecule is O=C(CC1CC2CCC1C2)Nn1nc(Nc2cccc(Cl)c2)c2ccccc2c1=O. The van der Waals surface area contributed by atoms with Crippen LogP contribution in [0.4, 0.5) is 11.5 Å². The van der Waals surface area contributed by atoms with E-state index in [4.69, 9.17) is 11.6 Å². The number of amides is 1. The zero-order valence-corrected chi connectivity index (χ0v) is 17.2. The first-order chi connectivity index (χ1) is 14.6. The molecule has 0 radical (unpaired) electrons. The summed E-state index contributed by atoms with van der Waals surface area (Å²) in [7, 11) is 0. The summed E-state index contributed by atoms with van der Waals surface area (Å²) in [5.74, 6) is 2.17. The minimum atomic E-state index is -0.344. The fraction of sp³-hybridized carbons (Fsp3) is 0.348. The highest BCUT2D eigenvalue weighted by molar-refractivity contribution is 6.30. The number of hydrogen-bond acceptors (Lipinski definition) is 4. The number of rotatable bonds is 5. The largest absolute Gasteiger partial charge is 0.338 e. The molecule has 3 aromatic rings. The Hall–Kier alpha value is -2.86. The molecule has 2 saturated carbocycles. The minimum Gasteiger partial charge on any atom is -0.338 e. The second kappa shape index (κ2) is 7.76. The van der Waals surface area contributed by atoms with Crippen molar-refractivity contribution in [3.8, 4) is 0 Å². The molecule has 2 aliphatic carbocycles. The number of benzene rings is 2. The number of anilines is 2. The van der Waals surface area contributed by atoms with Gasteiger partial charge in [-0.1, -0.05) is 42.3 Å². The summed E-state index contributed by atoms with van der Waals surface area (Å²) in [6.45, 7) is 0. The highest BCUT2D eigenvalue weighted by Crippen LogP contribution is 2.49. The van der Waals surface area contributed by atoms with Crippen LogP contribution in [0.25, 0.3) is 10.8 Å². The molecule has 7 heteroatoms. The van der Waals surface area contributed by atoms with Gasteiger partial charge in [-0.05, 0) is 61.3 Å². The maximum absolute atomic E-state index is 12.9. The average Bonchev–Trinajstić information content (AvgIpc) is 3.35. The summed E-state index contributed by atoms with van der Waals surface area (Å²) < 4.78 is 0. The van der Waals surface area contributed by atoms with E-state index in [2.05, 4.69) is 15.8 Å². The molecule has 0 aliphatic heterocycles. The lowest BCUT2D eigenvalue weighted by Crippen LogP contribution is -2.36. The summed E-state index contributed by atoms with van der Waals surface area (Å²) in [4.78, 5) is 26.7. The molecule has 0 saturated heterocycles. The lowest BCUT2D eigenvalue weighted by Gasteiger charge is -2.21. The van der Waals surface area contributed by atoms with Crippen LogP contribution in [0.3, 0.4) is 0 Å². The van der Waals surface area contributed by atoms with Gasteiger partial charge in [-0.25, -0.2) is 5.43 Å². The van der Waals surface area contributed by atoms with E-state index >= 15 is 0 Å². The molecule has 3 atom stereocenters. The predicted molar refractivity (Wildman–Crippen MR) is 119 cm³/mol. The third kappa shape index (κ3) is 3.67. The predicted octanol–water partition coefficient (Wildman–Crippen LogP) is 4.69. The normalized spacial score (nSPS) is 22.4. The van der Waals surface area contributed by atoms with Gasteiger partial charge in [-0.3, -0.25) is 9.59 Å². The molecule has 3 unspecified atom stereocenters. The van der Waals surface area contributed by atoms with Crippen LogP contribution >= 0.6 is 11.6 Å². The quantitative estimate of drug-likeness (QED) is 0.625. The molecule has 1 aromatic heterocycles. The number of halogens is 1. The zero-order valence-electron chi connectivity index (χ0n) is 16.5. The van der Waals surface area contributed by atoms with E-state index in [0.29, 0.717) is 39.9 Å². The lowest BCUT2D eigenvalue weighted by molar-refractivity contribution is -0.118. The third-order valence-corrected chi connectivity index (χ3v) is 6.69. The van der Waals surface area contributed by atoms with Crippen LogP contribution in [0.5, 0.6) is 0 Å².